The zero-order valence-electron chi connectivity index (χ0n) is 20.0. The molecule has 4 atom stereocenters. The summed E-state index contributed by atoms with van der Waals surface area (Å²) in [6.45, 7) is 4.66. The number of piperidine rings is 2. The number of amides is 1. The van der Waals surface area contributed by atoms with E-state index in [1.807, 2.05) is 6.21 Å². The van der Waals surface area contributed by atoms with E-state index in [2.05, 4.69) is 39.9 Å². The average molecular weight is 475 g/mol. The molecule has 0 radical (unpaired) electrons. The Morgan fingerprint density at radius 2 is 1.88 bits per heavy atom. The van der Waals surface area contributed by atoms with E-state index in [1.165, 1.54) is 12.0 Å². The molecule has 2 aliphatic heterocycles. The van der Waals surface area contributed by atoms with Crippen LogP contribution >= 0.6 is 0 Å². The molecule has 2 saturated heterocycles. The van der Waals surface area contributed by atoms with Crippen LogP contribution in [0.5, 0.6) is 0 Å². The van der Waals surface area contributed by atoms with Crippen LogP contribution in [-0.4, -0.2) is 68.4 Å². The van der Waals surface area contributed by atoms with Crippen LogP contribution in [0.2, 0.25) is 0 Å². The monoisotopic (exact) mass is 474 g/mol. The highest BCUT2D eigenvalue weighted by Gasteiger charge is 2.43. The first-order valence-electron chi connectivity index (χ1n) is 12.3. The van der Waals surface area contributed by atoms with Crippen molar-refractivity contribution in [2.24, 2.45) is 10.9 Å². The predicted octanol–water partition coefficient (Wildman–Crippen LogP) is 2.47. The summed E-state index contributed by atoms with van der Waals surface area (Å²) in [5.74, 6) is 0.941. The lowest BCUT2D eigenvalue weighted by molar-refractivity contribution is -0.124. The number of carbonyl (C=O) groups excluding carboxylic acids is 1. The number of nitrogens with zero attached hydrogens (tertiary/aromatic N) is 2. The number of nitrogens with one attached hydrogen (secondary N) is 2. The Labute approximate surface area is 198 Å². The van der Waals surface area contributed by atoms with Crippen LogP contribution < -0.4 is 10.6 Å². The molecule has 1 aromatic rings. The van der Waals surface area contributed by atoms with Crippen LogP contribution in [0.25, 0.3) is 0 Å². The maximum atomic E-state index is 12.8. The minimum Gasteiger partial charge on any atom is -0.347 e. The van der Waals surface area contributed by atoms with Crippen LogP contribution in [0, 0.1) is 5.92 Å². The SMILES string of the molecule is CN=CC(Cc1ccc(C2CCN(S(=O)(=O)C(C)C)CC2)cc1)NC(=O)C1NC2CCC1C2. The Hall–Kier alpha value is -1.77. The number of sulfonamides is 1. The highest BCUT2D eigenvalue weighted by Crippen LogP contribution is 2.35. The normalized spacial score (nSPS) is 27.5. The fourth-order valence-electron chi connectivity index (χ4n) is 5.67. The zero-order chi connectivity index (χ0) is 23.6. The molecule has 0 aromatic heterocycles. The van der Waals surface area contributed by atoms with Crippen molar-refractivity contribution in [1.82, 2.24) is 14.9 Å². The molecule has 1 amide bonds. The third kappa shape index (κ3) is 5.49. The first-order valence-corrected chi connectivity index (χ1v) is 13.8. The van der Waals surface area contributed by atoms with Gasteiger partial charge in [0.05, 0.1) is 17.3 Å². The molecule has 8 heteroatoms. The Morgan fingerprint density at radius 1 is 1.18 bits per heavy atom. The average Bonchev–Trinajstić information content (AvgIpc) is 3.44. The Morgan fingerprint density at radius 3 is 2.42 bits per heavy atom. The molecule has 7 nitrogen and oxygen atoms in total. The molecular weight excluding hydrogens is 436 g/mol. The number of aliphatic imine (C=N–C) groups is 1. The fourth-order valence-corrected chi connectivity index (χ4v) is 6.98. The number of rotatable bonds is 8. The molecular formula is C25H38N4O3S. The largest absolute Gasteiger partial charge is 0.347 e. The number of hydrogen-bond donors (Lipinski definition) is 2. The van der Waals surface area contributed by atoms with Gasteiger partial charge in [0.1, 0.15) is 0 Å². The van der Waals surface area contributed by atoms with Crippen LogP contribution in [-0.2, 0) is 21.2 Å². The molecule has 182 valence electrons. The van der Waals surface area contributed by atoms with E-state index < -0.39 is 10.0 Å². The molecule has 1 saturated carbocycles. The Kier molecular flexibility index (Phi) is 7.56. The van der Waals surface area contributed by atoms with E-state index in [0.29, 0.717) is 37.4 Å². The van der Waals surface area contributed by atoms with Crippen molar-refractivity contribution in [2.75, 3.05) is 20.1 Å². The van der Waals surface area contributed by atoms with Gasteiger partial charge in [-0.15, -0.1) is 0 Å². The minimum absolute atomic E-state index is 0.0655. The lowest BCUT2D eigenvalue weighted by Crippen LogP contribution is -2.51. The van der Waals surface area contributed by atoms with Crippen molar-refractivity contribution >= 4 is 22.1 Å². The summed E-state index contributed by atoms with van der Waals surface area (Å²) >= 11 is 0. The van der Waals surface area contributed by atoms with Gasteiger partial charge in [0.15, 0.2) is 0 Å². The third-order valence-corrected chi connectivity index (χ3v) is 9.89. The van der Waals surface area contributed by atoms with Gasteiger partial charge in [0.25, 0.3) is 0 Å². The van der Waals surface area contributed by atoms with Crippen molar-refractivity contribution in [3.63, 3.8) is 0 Å². The second kappa shape index (κ2) is 10.2. The van der Waals surface area contributed by atoms with Crippen molar-refractivity contribution < 1.29 is 13.2 Å². The lowest BCUT2D eigenvalue weighted by atomic mass is 9.89. The van der Waals surface area contributed by atoms with Crippen LogP contribution in [0.15, 0.2) is 29.3 Å². The van der Waals surface area contributed by atoms with E-state index in [1.54, 1.807) is 25.2 Å². The van der Waals surface area contributed by atoms with Crippen LogP contribution in [0.4, 0.5) is 0 Å². The van der Waals surface area contributed by atoms with Gasteiger partial charge in [-0.25, -0.2) is 12.7 Å². The summed E-state index contributed by atoms with van der Waals surface area (Å²) < 4.78 is 26.5. The van der Waals surface area contributed by atoms with Crippen molar-refractivity contribution in [2.45, 2.75) is 81.7 Å². The van der Waals surface area contributed by atoms with Crippen molar-refractivity contribution in [3.8, 4) is 0 Å². The number of hydrogen-bond acceptors (Lipinski definition) is 5. The molecule has 1 aliphatic carbocycles. The highest BCUT2D eigenvalue weighted by atomic mass is 32.2. The molecule has 1 aromatic carbocycles. The van der Waals surface area contributed by atoms with Gasteiger partial charge < -0.3 is 10.6 Å². The van der Waals surface area contributed by atoms with E-state index in [0.717, 1.165) is 31.2 Å². The van der Waals surface area contributed by atoms with Gasteiger partial charge in [-0.05, 0) is 75.3 Å². The minimum atomic E-state index is -3.17. The molecule has 2 heterocycles. The van der Waals surface area contributed by atoms with E-state index in [-0.39, 0.29) is 23.2 Å². The smallest absolute Gasteiger partial charge is 0.237 e. The number of fused-ring (bicyclic) bond motifs is 2. The first kappa shape index (κ1) is 24.4. The van der Waals surface area contributed by atoms with E-state index in [9.17, 15) is 13.2 Å². The van der Waals surface area contributed by atoms with Gasteiger partial charge in [0, 0.05) is 32.4 Å². The molecule has 4 rings (SSSR count). The molecule has 0 spiro atoms. The molecule has 4 unspecified atom stereocenters. The maximum Gasteiger partial charge on any atom is 0.237 e. The predicted molar refractivity (Wildman–Crippen MR) is 132 cm³/mol. The summed E-state index contributed by atoms with van der Waals surface area (Å²) in [5, 5.41) is 6.28. The fraction of sp³-hybridized carbons (Fsp3) is 0.680. The molecule has 2 bridgehead atoms. The van der Waals surface area contributed by atoms with E-state index >= 15 is 0 Å². The van der Waals surface area contributed by atoms with Gasteiger partial charge in [-0.1, -0.05) is 24.3 Å². The quantitative estimate of drug-likeness (QED) is 0.567. The molecule has 3 fully saturated rings. The summed E-state index contributed by atoms with van der Waals surface area (Å²) in [7, 11) is -1.43. The van der Waals surface area contributed by atoms with Crippen LogP contribution in [0.1, 0.15) is 63.0 Å². The van der Waals surface area contributed by atoms with Gasteiger partial charge in [-0.3, -0.25) is 9.79 Å². The third-order valence-electron chi connectivity index (χ3n) is 7.62. The topological polar surface area (TPSA) is 90.9 Å². The van der Waals surface area contributed by atoms with Crippen LogP contribution in [0.3, 0.4) is 0 Å². The summed E-state index contributed by atoms with van der Waals surface area (Å²) in [5.41, 5.74) is 2.42. The molecule has 33 heavy (non-hydrogen) atoms. The second-order valence-electron chi connectivity index (χ2n) is 10.1. The highest BCUT2D eigenvalue weighted by molar-refractivity contribution is 7.89. The van der Waals surface area contributed by atoms with Gasteiger partial charge in [0.2, 0.25) is 15.9 Å². The van der Waals surface area contributed by atoms with Crippen molar-refractivity contribution in [1.29, 1.82) is 0 Å². The van der Waals surface area contributed by atoms with Crippen molar-refractivity contribution in [3.05, 3.63) is 35.4 Å². The summed E-state index contributed by atoms with van der Waals surface area (Å²) in [4.78, 5) is 17.0. The lowest BCUT2D eigenvalue weighted by Gasteiger charge is -2.32. The Bertz CT molecular complexity index is 952. The molecule has 3 aliphatic rings. The zero-order valence-corrected chi connectivity index (χ0v) is 20.9. The van der Waals surface area contributed by atoms with Gasteiger partial charge in [-0.2, -0.15) is 0 Å². The summed E-state index contributed by atoms with van der Waals surface area (Å²) in [6, 6.07) is 8.89. The first-order chi connectivity index (χ1) is 15.8. The summed E-state index contributed by atoms with van der Waals surface area (Å²) in [6.07, 6.45) is 7.68. The maximum absolute atomic E-state index is 12.8. The molecule has 2 N–H and O–H groups in total. The number of carbonyl (C=O) groups is 1. The van der Waals surface area contributed by atoms with Gasteiger partial charge >= 0.3 is 0 Å². The van der Waals surface area contributed by atoms with E-state index in [4.69, 9.17) is 0 Å². The Balaban J connectivity index is 1.32. The second-order valence-corrected chi connectivity index (χ2v) is 12.6. The standard InChI is InChI=1S/C25H38N4O3S/c1-17(2)33(31,32)29-12-10-20(11-13-29)19-6-4-18(5-7-19)14-23(16-26-3)28-25(30)24-21-8-9-22(15-21)27-24/h4-7,16-17,20-24,27H,8-15H2,1-3H3,(H,28,30). The number of benzene rings is 1.